The molecule has 18 heavy (non-hydrogen) atoms. The summed E-state index contributed by atoms with van der Waals surface area (Å²) in [6.45, 7) is 5.63. The minimum Gasteiger partial charge on any atom is -0.340 e. The summed E-state index contributed by atoms with van der Waals surface area (Å²) in [6, 6.07) is 1.44. The second-order valence-corrected chi connectivity index (χ2v) is 5.39. The maximum Gasteiger partial charge on any atom is 0.253 e. The van der Waals surface area contributed by atoms with E-state index in [1.54, 1.807) is 11.8 Å². The van der Waals surface area contributed by atoms with Crippen molar-refractivity contribution in [2.24, 2.45) is 0 Å². The zero-order valence-electron chi connectivity index (χ0n) is 10.9. The van der Waals surface area contributed by atoms with Crippen molar-refractivity contribution in [3.05, 3.63) is 16.8 Å². The summed E-state index contributed by atoms with van der Waals surface area (Å²) in [5.41, 5.74) is 0.0737. The molecule has 0 aliphatic carbocycles. The van der Waals surface area contributed by atoms with E-state index in [9.17, 15) is 9.59 Å². The van der Waals surface area contributed by atoms with E-state index in [-0.39, 0.29) is 11.8 Å². The van der Waals surface area contributed by atoms with Crippen molar-refractivity contribution < 1.29 is 9.59 Å². The Hall–Kier alpha value is -1.36. The van der Waals surface area contributed by atoms with Gasteiger partial charge in [0, 0.05) is 5.38 Å². The molecule has 2 rings (SSSR count). The van der Waals surface area contributed by atoms with Gasteiger partial charge in [-0.15, -0.1) is 0 Å². The molecule has 1 aliphatic heterocycles. The second kappa shape index (κ2) is 4.72. The highest BCUT2D eigenvalue weighted by atomic mass is 32.1. The summed E-state index contributed by atoms with van der Waals surface area (Å²) in [5, 5.41) is 6.72. The number of nitrogens with one attached hydrogen (secondary N) is 1. The Labute approximate surface area is 111 Å². The Morgan fingerprint density at radius 1 is 1.39 bits per heavy atom. The molecule has 0 bridgehead atoms. The van der Waals surface area contributed by atoms with Crippen LogP contribution in [-0.2, 0) is 9.59 Å². The monoisotopic (exact) mass is 266 g/mol. The van der Waals surface area contributed by atoms with Gasteiger partial charge in [0.1, 0.15) is 11.6 Å². The second-order valence-electron chi connectivity index (χ2n) is 4.61. The lowest BCUT2D eigenvalue weighted by atomic mass is 9.87. The summed E-state index contributed by atoms with van der Waals surface area (Å²) in [4.78, 5) is 26.4. The number of anilines is 1. The molecule has 1 fully saturated rings. The van der Waals surface area contributed by atoms with Gasteiger partial charge in [-0.25, -0.2) is 0 Å². The molecule has 98 valence electrons. The highest BCUT2D eigenvalue weighted by Gasteiger charge is 2.47. The van der Waals surface area contributed by atoms with Gasteiger partial charge in [-0.1, -0.05) is 13.8 Å². The lowest BCUT2D eigenvalue weighted by Gasteiger charge is -2.44. The summed E-state index contributed by atoms with van der Waals surface area (Å²) in [5.74, 6) is -0.0810. The third-order valence-electron chi connectivity index (χ3n) is 3.75. The van der Waals surface area contributed by atoms with Gasteiger partial charge < -0.3 is 5.32 Å². The molecule has 1 saturated heterocycles. The number of amides is 2. The molecule has 2 amide bonds. The minimum atomic E-state index is -0.745. The van der Waals surface area contributed by atoms with Crippen LogP contribution in [0.5, 0.6) is 0 Å². The molecule has 0 aromatic carbocycles. The molecule has 2 heterocycles. The maximum absolute atomic E-state index is 12.7. The van der Waals surface area contributed by atoms with E-state index >= 15 is 0 Å². The number of carbonyl (C=O) groups excluding carboxylic acids is 2. The molecule has 5 heteroatoms. The Kier molecular flexibility index (Phi) is 3.43. The molecule has 1 atom stereocenters. The van der Waals surface area contributed by atoms with Crippen LogP contribution in [-0.4, -0.2) is 23.4 Å². The van der Waals surface area contributed by atoms with Crippen LogP contribution in [0.1, 0.15) is 33.6 Å². The first kappa shape index (κ1) is 13.1. The highest BCUT2D eigenvalue weighted by Crippen LogP contribution is 2.30. The fourth-order valence-electron chi connectivity index (χ4n) is 2.38. The minimum absolute atomic E-state index is 0.00185. The average Bonchev–Trinajstić information content (AvgIpc) is 2.88. The number of hydrogen-bond donors (Lipinski definition) is 1. The first-order valence-electron chi connectivity index (χ1n) is 6.23. The smallest absolute Gasteiger partial charge is 0.253 e. The zero-order valence-corrected chi connectivity index (χ0v) is 11.7. The molecule has 1 aromatic rings. The van der Waals surface area contributed by atoms with Gasteiger partial charge in [-0.05, 0) is 31.2 Å². The van der Waals surface area contributed by atoms with Gasteiger partial charge in [0.05, 0.1) is 5.69 Å². The Bertz CT molecular complexity index is 452. The fourth-order valence-corrected chi connectivity index (χ4v) is 3.01. The van der Waals surface area contributed by atoms with E-state index in [0.717, 1.165) is 5.69 Å². The summed E-state index contributed by atoms with van der Waals surface area (Å²) in [6.07, 6.45) is 1.23. The number of rotatable bonds is 3. The maximum atomic E-state index is 12.7. The lowest BCUT2D eigenvalue weighted by Crippen LogP contribution is -2.69. The topological polar surface area (TPSA) is 49.4 Å². The number of carbonyl (C=O) groups is 2. The van der Waals surface area contributed by atoms with Crippen molar-refractivity contribution in [3.8, 4) is 0 Å². The standard InChI is InChI=1S/C13H18N2O2S/c1-4-13(5-2)12(17)15(9(3)11(16)14-13)10-6-7-18-8-10/h6-9H,4-5H2,1-3H3,(H,14,16). The Balaban J connectivity index is 2.44. The summed E-state index contributed by atoms with van der Waals surface area (Å²) in [7, 11) is 0. The number of hydrogen-bond acceptors (Lipinski definition) is 3. The lowest BCUT2D eigenvalue weighted by molar-refractivity contribution is -0.138. The summed E-state index contributed by atoms with van der Waals surface area (Å²) >= 11 is 1.53. The first-order chi connectivity index (χ1) is 8.55. The largest absolute Gasteiger partial charge is 0.340 e. The van der Waals surface area contributed by atoms with Crippen molar-refractivity contribution in [1.82, 2.24) is 5.32 Å². The normalized spacial score (nSPS) is 23.1. The van der Waals surface area contributed by atoms with Crippen molar-refractivity contribution in [2.75, 3.05) is 4.90 Å². The van der Waals surface area contributed by atoms with E-state index in [1.165, 1.54) is 11.3 Å². The van der Waals surface area contributed by atoms with Gasteiger partial charge in [0.25, 0.3) is 5.91 Å². The van der Waals surface area contributed by atoms with Crippen molar-refractivity contribution in [2.45, 2.75) is 45.2 Å². The van der Waals surface area contributed by atoms with E-state index in [0.29, 0.717) is 12.8 Å². The molecule has 1 unspecified atom stereocenters. The van der Waals surface area contributed by atoms with Crippen LogP contribution in [0.4, 0.5) is 5.69 Å². The van der Waals surface area contributed by atoms with Crippen LogP contribution in [0.2, 0.25) is 0 Å². The Morgan fingerprint density at radius 3 is 2.56 bits per heavy atom. The van der Waals surface area contributed by atoms with E-state index in [2.05, 4.69) is 5.32 Å². The van der Waals surface area contributed by atoms with Crippen LogP contribution >= 0.6 is 11.3 Å². The van der Waals surface area contributed by atoms with Crippen LogP contribution in [0, 0.1) is 0 Å². The van der Waals surface area contributed by atoms with Gasteiger partial charge in [0.15, 0.2) is 0 Å². The van der Waals surface area contributed by atoms with Gasteiger partial charge in [-0.3, -0.25) is 14.5 Å². The molecule has 0 saturated carbocycles. The zero-order chi connectivity index (χ0) is 13.3. The van der Waals surface area contributed by atoms with Gasteiger partial charge in [0.2, 0.25) is 5.91 Å². The van der Waals surface area contributed by atoms with E-state index in [4.69, 9.17) is 0 Å². The Morgan fingerprint density at radius 2 is 2.06 bits per heavy atom. The van der Waals surface area contributed by atoms with Crippen LogP contribution in [0.25, 0.3) is 0 Å². The predicted octanol–water partition coefficient (Wildman–Crippen LogP) is 2.16. The molecule has 0 spiro atoms. The van der Waals surface area contributed by atoms with E-state index < -0.39 is 11.6 Å². The molecule has 1 aromatic heterocycles. The molecule has 0 radical (unpaired) electrons. The SMILES string of the molecule is CCC1(CC)NC(=O)C(C)N(c2ccsc2)C1=O. The number of thiophene rings is 1. The average molecular weight is 266 g/mol. The molecule has 1 aliphatic rings. The van der Waals surface area contributed by atoms with Crippen molar-refractivity contribution in [3.63, 3.8) is 0 Å². The van der Waals surface area contributed by atoms with Crippen molar-refractivity contribution in [1.29, 1.82) is 0 Å². The van der Waals surface area contributed by atoms with Crippen LogP contribution < -0.4 is 10.2 Å². The van der Waals surface area contributed by atoms with Crippen LogP contribution in [0.3, 0.4) is 0 Å². The quantitative estimate of drug-likeness (QED) is 0.911. The summed E-state index contributed by atoms with van der Waals surface area (Å²) < 4.78 is 0. The van der Waals surface area contributed by atoms with E-state index in [1.807, 2.05) is 30.7 Å². The number of nitrogens with zero attached hydrogens (tertiary/aromatic N) is 1. The third kappa shape index (κ3) is 1.82. The highest BCUT2D eigenvalue weighted by molar-refractivity contribution is 7.08. The molecule has 1 N–H and O–H groups in total. The number of piperazine rings is 1. The third-order valence-corrected chi connectivity index (χ3v) is 4.42. The predicted molar refractivity (Wildman–Crippen MR) is 72.7 cm³/mol. The molecular weight excluding hydrogens is 248 g/mol. The van der Waals surface area contributed by atoms with Crippen molar-refractivity contribution >= 4 is 28.8 Å². The first-order valence-corrected chi connectivity index (χ1v) is 7.18. The molecule has 4 nitrogen and oxygen atoms in total. The van der Waals surface area contributed by atoms with Crippen LogP contribution in [0.15, 0.2) is 16.8 Å². The van der Waals surface area contributed by atoms with Gasteiger partial charge in [-0.2, -0.15) is 11.3 Å². The van der Waals surface area contributed by atoms with Gasteiger partial charge >= 0.3 is 0 Å². The molecular formula is C13H18N2O2S. The fraction of sp³-hybridized carbons (Fsp3) is 0.538.